The molecular weight excluding hydrogens is 236 g/mol. The zero-order valence-electron chi connectivity index (χ0n) is 11.7. The van der Waals surface area contributed by atoms with Crippen molar-refractivity contribution in [2.75, 3.05) is 59.5 Å². The normalized spacial score (nSPS) is 12.8. The Morgan fingerprint density at radius 1 is 0.778 bits per heavy atom. The topological polar surface area (TPSA) is 57.2 Å². The minimum Gasteiger partial charge on any atom is -0.394 e. The van der Waals surface area contributed by atoms with E-state index < -0.39 is 0 Å². The van der Waals surface area contributed by atoms with Gasteiger partial charge in [0.05, 0.1) is 52.9 Å². The van der Waals surface area contributed by atoms with E-state index >= 15 is 0 Å². The summed E-state index contributed by atoms with van der Waals surface area (Å²) in [4.78, 5) is 0. The molecule has 110 valence electrons. The van der Waals surface area contributed by atoms with Crippen LogP contribution in [0.5, 0.6) is 0 Å². The fourth-order valence-corrected chi connectivity index (χ4v) is 1.13. The lowest BCUT2D eigenvalue weighted by Gasteiger charge is -2.09. The molecule has 0 aliphatic rings. The van der Waals surface area contributed by atoms with Crippen molar-refractivity contribution in [2.24, 2.45) is 5.92 Å². The van der Waals surface area contributed by atoms with Gasteiger partial charge in [-0.2, -0.15) is 0 Å². The molecule has 0 aliphatic heterocycles. The second-order valence-corrected chi connectivity index (χ2v) is 4.15. The van der Waals surface area contributed by atoms with E-state index in [9.17, 15) is 0 Å². The van der Waals surface area contributed by atoms with Crippen molar-refractivity contribution in [1.82, 2.24) is 0 Å². The summed E-state index contributed by atoms with van der Waals surface area (Å²) in [6.45, 7) is 9.00. The van der Waals surface area contributed by atoms with E-state index in [1.54, 1.807) is 0 Å². The van der Waals surface area contributed by atoms with Crippen LogP contribution in [0.15, 0.2) is 0 Å². The lowest BCUT2D eigenvalue weighted by atomic mass is 10.1. The molecule has 0 radical (unpaired) electrons. The second-order valence-electron chi connectivity index (χ2n) is 4.15. The van der Waals surface area contributed by atoms with Crippen LogP contribution in [-0.4, -0.2) is 64.6 Å². The smallest absolute Gasteiger partial charge is 0.0701 e. The average molecular weight is 264 g/mol. The molecule has 0 aliphatic carbocycles. The maximum absolute atomic E-state index is 8.46. The molecule has 18 heavy (non-hydrogen) atoms. The first-order chi connectivity index (χ1) is 8.81. The molecule has 0 heterocycles. The zero-order chi connectivity index (χ0) is 13.5. The zero-order valence-corrected chi connectivity index (χ0v) is 11.7. The lowest BCUT2D eigenvalue weighted by molar-refractivity contribution is -0.00846. The van der Waals surface area contributed by atoms with E-state index in [1.165, 1.54) is 0 Å². The molecule has 5 nitrogen and oxygen atoms in total. The van der Waals surface area contributed by atoms with Crippen LogP contribution in [-0.2, 0) is 18.9 Å². The summed E-state index contributed by atoms with van der Waals surface area (Å²) in [5.74, 6) is 0.618. The Kier molecular flexibility index (Phi) is 14.7. The Labute approximate surface area is 110 Å². The van der Waals surface area contributed by atoms with Gasteiger partial charge in [-0.15, -0.1) is 0 Å². The SMILES string of the molecule is CCC(C)COCCOCCOCCOCCO. The fraction of sp³-hybridized carbons (Fsp3) is 1.00. The molecule has 0 aromatic rings. The average Bonchev–Trinajstić information content (AvgIpc) is 2.39. The predicted molar refractivity (Wildman–Crippen MR) is 69.8 cm³/mol. The summed E-state index contributed by atoms with van der Waals surface area (Å²) in [7, 11) is 0. The van der Waals surface area contributed by atoms with Crippen molar-refractivity contribution in [3.63, 3.8) is 0 Å². The third kappa shape index (κ3) is 13.9. The first kappa shape index (κ1) is 17.8. The van der Waals surface area contributed by atoms with Gasteiger partial charge in [-0.05, 0) is 5.92 Å². The van der Waals surface area contributed by atoms with Gasteiger partial charge >= 0.3 is 0 Å². The molecule has 0 aromatic heterocycles. The summed E-state index contributed by atoms with van der Waals surface area (Å²) in [6, 6.07) is 0. The summed E-state index contributed by atoms with van der Waals surface area (Å²) in [5.41, 5.74) is 0. The van der Waals surface area contributed by atoms with Gasteiger partial charge in [0.1, 0.15) is 0 Å². The van der Waals surface area contributed by atoms with Gasteiger partial charge in [0, 0.05) is 6.61 Å². The van der Waals surface area contributed by atoms with Crippen molar-refractivity contribution in [3.05, 3.63) is 0 Å². The minimum absolute atomic E-state index is 0.0553. The van der Waals surface area contributed by atoms with Crippen LogP contribution in [0.2, 0.25) is 0 Å². The third-order valence-electron chi connectivity index (χ3n) is 2.45. The molecule has 1 unspecified atom stereocenters. The number of hydrogen-bond acceptors (Lipinski definition) is 5. The summed E-state index contributed by atoms with van der Waals surface area (Å²) >= 11 is 0. The maximum Gasteiger partial charge on any atom is 0.0701 e. The number of hydrogen-bond donors (Lipinski definition) is 1. The van der Waals surface area contributed by atoms with Crippen LogP contribution in [0.4, 0.5) is 0 Å². The first-order valence-corrected chi connectivity index (χ1v) is 6.73. The van der Waals surface area contributed by atoms with E-state index in [4.69, 9.17) is 24.1 Å². The van der Waals surface area contributed by atoms with Crippen molar-refractivity contribution in [3.8, 4) is 0 Å². The summed E-state index contributed by atoms with van der Waals surface area (Å²) < 4.78 is 21.1. The van der Waals surface area contributed by atoms with Crippen molar-refractivity contribution in [1.29, 1.82) is 0 Å². The van der Waals surface area contributed by atoms with Crippen LogP contribution in [0.1, 0.15) is 20.3 Å². The van der Waals surface area contributed by atoms with Crippen LogP contribution in [0.25, 0.3) is 0 Å². The number of ether oxygens (including phenoxy) is 4. The Bertz CT molecular complexity index is 154. The number of rotatable bonds is 14. The molecule has 0 saturated carbocycles. The van der Waals surface area contributed by atoms with Gasteiger partial charge < -0.3 is 24.1 Å². The van der Waals surface area contributed by atoms with Crippen molar-refractivity contribution in [2.45, 2.75) is 20.3 Å². The highest BCUT2D eigenvalue weighted by molar-refractivity contribution is 4.45. The van der Waals surface area contributed by atoms with Gasteiger partial charge in [0.15, 0.2) is 0 Å². The Morgan fingerprint density at radius 2 is 1.22 bits per heavy atom. The van der Waals surface area contributed by atoms with Crippen LogP contribution < -0.4 is 0 Å². The second kappa shape index (κ2) is 14.9. The maximum atomic E-state index is 8.46. The highest BCUT2D eigenvalue weighted by Crippen LogP contribution is 1.99. The largest absolute Gasteiger partial charge is 0.394 e. The van der Waals surface area contributed by atoms with Crippen molar-refractivity contribution >= 4 is 0 Å². The van der Waals surface area contributed by atoms with E-state index in [1.807, 2.05) is 0 Å². The summed E-state index contributed by atoms with van der Waals surface area (Å²) in [6.07, 6.45) is 1.15. The molecular formula is C13H28O5. The van der Waals surface area contributed by atoms with Gasteiger partial charge in [-0.1, -0.05) is 20.3 Å². The molecule has 1 atom stereocenters. The number of aliphatic hydroxyl groups excluding tert-OH is 1. The third-order valence-corrected chi connectivity index (χ3v) is 2.45. The Balaban J connectivity index is 2.94. The van der Waals surface area contributed by atoms with Gasteiger partial charge in [-0.25, -0.2) is 0 Å². The quantitative estimate of drug-likeness (QED) is 0.476. The molecule has 1 N–H and O–H groups in total. The molecule has 0 fully saturated rings. The highest BCUT2D eigenvalue weighted by atomic mass is 16.6. The fourth-order valence-electron chi connectivity index (χ4n) is 1.13. The van der Waals surface area contributed by atoms with Crippen LogP contribution in [0, 0.1) is 5.92 Å². The summed E-state index contributed by atoms with van der Waals surface area (Å²) in [5, 5.41) is 8.46. The number of aliphatic hydroxyl groups is 1. The van der Waals surface area contributed by atoms with Gasteiger partial charge in [0.2, 0.25) is 0 Å². The Hall–Kier alpha value is -0.200. The van der Waals surface area contributed by atoms with E-state index in [0.29, 0.717) is 52.2 Å². The Morgan fingerprint density at radius 3 is 1.67 bits per heavy atom. The monoisotopic (exact) mass is 264 g/mol. The molecule has 5 heteroatoms. The molecule has 0 saturated heterocycles. The van der Waals surface area contributed by atoms with E-state index in [-0.39, 0.29) is 6.61 Å². The van der Waals surface area contributed by atoms with E-state index in [0.717, 1.165) is 13.0 Å². The van der Waals surface area contributed by atoms with Gasteiger partial charge in [0.25, 0.3) is 0 Å². The van der Waals surface area contributed by atoms with Crippen molar-refractivity contribution < 1.29 is 24.1 Å². The first-order valence-electron chi connectivity index (χ1n) is 6.73. The standard InChI is InChI=1S/C13H28O5/c1-3-13(2)12-18-11-10-17-9-8-16-7-6-15-5-4-14/h13-14H,3-12H2,1-2H3. The minimum atomic E-state index is 0.0553. The molecule has 0 rings (SSSR count). The predicted octanol–water partition coefficient (Wildman–Crippen LogP) is 1.09. The van der Waals surface area contributed by atoms with E-state index in [2.05, 4.69) is 13.8 Å². The van der Waals surface area contributed by atoms with Crippen LogP contribution in [0.3, 0.4) is 0 Å². The lowest BCUT2D eigenvalue weighted by Crippen LogP contribution is -2.13. The molecule has 0 aromatic carbocycles. The van der Waals surface area contributed by atoms with Crippen LogP contribution >= 0.6 is 0 Å². The van der Waals surface area contributed by atoms with Gasteiger partial charge in [-0.3, -0.25) is 0 Å². The molecule has 0 spiro atoms. The highest BCUT2D eigenvalue weighted by Gasteiger charge is 1.97. The molecule has 0 bridgehead atoms. The molecule has 0 amide bonds.